The number of piperazine rings is 1. The topological polar surface area (TPSA) is 193 Å². The van der Waals surface area contributed by atoms with Gasteiger partial charge in [-0.15, -0.1) is 0 Å². The maximum Gasteiger partial charge on any atom is 0.409 e. The lowest BCUT2D eigenvalue weighted by atomic mass is 9.94. The quantitative estimate of drug-likeness (QED) is 0.0647. The van der Waals surface area contributed by atoms with E-state index in [0.29, 0.717) is 90.2 Å². The number of anilines is 2. The maximum absolute atomic E-state index is 18.0. The van der Waals surface area contributed by atoms with E-state index < -0.39 is 31.7 Å². The number of aliphatic hydroxyl groups is 1. The van der Waals surface area contributed by atoms with Gasteiger partial charge in [0, 0.05) is 95.9 Å². The van der Waals surface area contributed by atoms with Crippen LogP contribution < -0.4 is 30.0 Å². The Morgan fingerprint density at radius 3 is 2.29 bits per heavy atom. The summed E-state index contributed by atoms with van der Waals surface area (Å²) in [5.41, 5.74) is 2.55. The first kappa shape index (κ1) is 62.4. The zero-order valence-corrected chi connectivity index (χ0v) is 54.4. The third kappa shape index (κ3) is 11.8. The highest BCUT2D eigenvalue weighted by Gasteiger charge is 2.51. The summed E-state index contributed by atoms with van der Waals surface area (Å²) in [7, 11) is -0.770. The molecule has 9 heterocycles. The molecule has 6 aliphatic rings. The van der Waals surface area contributed by atoms with E-state index in [-0.39, 0.29) is 95.1 Å². The van der Waals surface area contributed by atoms with Crippen LogP contribution in [0.2, 0.25) is 16.6 Å². The smallest absolute Gasteiger partial charge is 0.409 e. The number of imide groups is 1. The molecule has 6 aromatic rings. The van der Waals surface area contributed by atoms with Crippen LogP contribution in [-0.2, 0) is 27.8 Å². The Morgan fingerprint density at radius 1 is 0.843 bits per heavy atom. The number of β-amino-alcohol motifs (C(OH)–C–C–N with tert-alkyl or cyclic N) is 1. The molecule has 6 saturated heterocycles. The van der Waals surface area contributed by atoms with Crippen LogP contribution in [0, 0.1) is 17.6 Å². The number of amides is 3. The van der Waals surface area contributed by atoms with Crippen molar-refractivity contribution in [2.24, 2.45) is 13.0 Å². The van der Waals surface area contributed by atoms with Gasteiger partial charge >= 0.3 is 17.8 Å². The number of piperidine rings is 3. The van der Waals surface area contributed by atoms with Crippen LogP contribution in [0.4, 0.5) is 25.1 Å². The molecule has 0 radical (unpaired) electrons. The third-order valence-corrected chi connectivity index (χ3v) is 27.0. The molecular weight excluding hydrogens is 1150 g/mol. The molecule has 0 spiro atoms. The van der Waals surface area contributed by atoms with Gasteiger partial charge in [0.15, 0.2) is 5.82 Å². The standard InChI is InChI=1S/C67H89F2N11O8Si/c1-10-49-52(68)15-13-45-33-48(88-89(41(2)3,42(4)5)43(6)7)35-50(57(45)49)59-58(69)60-51(36-70-59)61(78-25-11-22-66(8,85)39-78)73-63(72-60)87-40-67-23-12-26-79(67)47(19-24-67)38-86-65(84)77-27-20-44(21-28-77)37-75-29-31-76(32-30-75)46-14-16-53-55(34-46)74(9)64(83)80(53)54-17-18-56(81)71-62(54)82/h13-16,33-36,41-44,47,54,85H,10-12,17-32,37-40H2,1-9H3,(H,71,81,82)/t47-,54?,66+,67-/m0/s1. The Bertz CT molecular complexity index is 3720. The van der Waals surface area contributed by atoms with Crippen LogP contribution in [0.1, 0.15) is 131 Å². The summed E-state index contributed by atoms with van der Waals surface area (Å²) in [5.74, 6) is -0.326. The fourth-order valence-corrected chi connectivity index (χ4v) is 21.7. The second-order valence-electron chi connectivity index (χ2n) is 27.6. The summed E-state index contributed by atoms with van der Waals surface area (Å²) in [6, 6.07) is 12.3. The number of aromatic nitrogens is 5. The first-order valence-corrected chi connectivity index (χ1v) is 34.8. The van der Waals surface area contributed by atoms with E-state index in [4.69, 9.17) is 28.9 Å². The molecule has 1 unspecified atom stereocenters. The molecule has 0 saturated carbocycles. The van der Waals surface area contributed by atoms with Gasteiger partial charge in [-0.1, -0.05) is 54.5 Å². The summed E-state index contributed by atoms with van der Waals surface area (Å²) in [6.07, 6.45) is 8.75. The summed E-state index contributed by atoms with van der Waals surface area (Å²) in [4.78, 5) is 77.5. The molecule has 2 N–H and O–H groups in total. The highest BCUT2D eigenvalue weighted by Crippen LogP contribution is 2.47. The molecule has 19 nitrogen and oxygen atoms in total. The van der Waals surface area contributed by atoms with Crippen molar-refractivity contribution in [2.75, 3.05) is 88.5 Å². The van der Waals surface area contributed by atoms with Crippen LogP contribution >= 0.6 is 0 Å². The number of ether oxygens (including phenoxy) is 2. The Labute approximate surface area is 521 Å². The number of benzene rings is 3. The molecule has 478 valence electrons. The van der Waals surface area contributed by atoms with Crippen molar-refractivity contribution in [1.29, 1.82) is 0 Å². The zero-order valence-electron chi connectivity index (χ0n) is 53.4. The summed E-state index contributed by atoms with van der Waals surface area (Å²) in [5, 5.41) is 15.4. The SMILES string of the molecule is CCc1c(F)ccc2cc(O[Si](C(C)C)(C(C)C)C(C)C)cc(-c3ncc4c(N5CCC[C@@](C)(O)C5)nc(OC[C@@]56CCCN5[C@H](COC(=O)N5CCC(CN7CCN(c8ccc9c(c8)n(C)c(=O)n9C8CCC(=O)NC8=O)CC7)CC5)CC6)nc4c3F)c12. The molecule has 6 aliphatic heterocycles. The lowest BCUT2D eigenvalue weighted by Gasteiger charge is -2.42. The van der Waals surface area contributed by atoms with Gasteiger partial charge in [0.25, 0.3) is 8.32 Å². The molecule has 3 aromatic heterocycles. The molecule has 3 aromatic carbocycles. The number of hydrogen-bond donors (Lipinski definition) is 2. The number of fused-ring (bicyclic) bond motifs is 4. The Hall–Kier alpha value is -6.75. The minimum absolute atomic E-state index is 0.00517. The van der Waals surface area contributed by atoms with E-state index in [1.165, 1.54) is 10.6 Å². The normalized spacial score (nSPS) is 23.5. The number of carbonyl (C=O) groups excluding carboxylic acids is 3. The van der Waals surface area contributed by atoms with Gasteiger partial charge in [-0.25, -0.2) is 18.4 Å². The highest BCUT2D eigenvalue weighted by atomic mass is 28.4. The fraction of sp³-hybridized carbons (Fsp3) is 0.597. The van der Waals surface area contributed by atoms with E-state index in [1.807, 2.05) is 47.1 Å². The lowest BCUT2D eigenvalue weighted by molar-refractivity contribution is -0.135. The Balaban J connectivity index is 0.699. The van der Waals surface area contributed by atoms with E-state index in [9.17, 15) is 24.3 Å². The van der Waals surface area contributed by atoms with Crippen LogP contribution in [0.25, 0.3) is 44.0 Å². The summed E-state index contributed by atoms with van der Waals surface area (Å²) in [6.45, 7) is 24.9. The first-order chi connectivity index (χ1) is 42.6. The lowest BCUT2D eigenvalue weighted by Crippen LogP contribution is -2.50. The van der Waals surface area contributed by atoms with Crippen LogP contribution in [0.15, 0.2) is 53.5 Å². The minimum atomic E-state index is -2.49. The minimum Gasteiger partial charge on any atom is -0.543 e. The zero-order chi connectivity index (χ0) is 62.8. The van der Waals surface area contributed by atoms with Crippen LogP contribution in [0.3, 0.4) is 0 Å². The van der Waals surface area contributed by atoms with E-state index in [2.05, 4.69) is 61.6 Å². The van der Waals surface area contributed by atoms with Crippen molar-refractivity contribution in [1.82, 2.24) is 44.1 Å². The molecule has 4 atom stereocenters. The van der Waals surface area contributed by atoms with Crippen molar-refractivity contribution in [2.45, 2.75) is 166 Å². The van der Waals surface area contributed by atoms with Crippen molar-refractivity contribution in [3.63, 3.8) is 0 Å². The van der Waals surface area contributed by atoms with Gasteiger partial charge < -0.3 is 33.7 Å². The van der Waals surface area contributed by atoms with Crippen molar-refractivity contribution >= 4 is 70.4 Å². The van der Waals surface area contributed by atoms with Gasteiger partial charge in [-0.2, -0.15) is 9.97 Å². The number of imidazole rings is 1. The number of rotatable bonds is 17. The second-order valence-corrected chi connectivity index (χ2v) is 32.9. The molecule has 6 fully saturated rings. The maximum atomic E-state index is 18.0. The molecule has 0 aliphatic carbocycles. The number of likely N-dealkylation sites (tertiary alicyclic amines) is 1. The van der Waals surface area contributed by atoms with Crippen LogP contribution in [0.5, 0.6) is 11.8 Å². The number of nitrogens with one attached hydrogen (secondary N) is 1. The average Bonchev–Trinajstić information content (AvgIpc) is 1.71. The van der Waals surface area contributed by atoms with E-state index in [0.717, 1.165) is 94.4 Å². The number of pyridine rings is 1. The first-order valence-electron chi connectivity index (χ1n) is 32.7. The number of aryl methyl sites for hydroxylation is 2. The van der Waals surface area contributed by atoms with E-state index in [1.54, 1.807) is 30.8 Å². The van der Waals surface area contributed by atoms with Crippen LogP contribution in [-0.4, -0.2) is 166 Å². The number of hydrogen-bond acceptors (Lipinski definition) is 15. The Morgan fingerprint density at radius 2 is 1.58 bits per heavy atom. The van der Waals surface area contributed by atoms with Crippen molar-refractivity contribution in [3.05, 3.63) is 76.3 Å². The van der Waals surface area contributed by atoms with Crippen molar-refractivity contribution in [3.8, 4) is 23.0 Å². The predicted molar refractivity (Wildman–Crippen MR) is 343 cm³/mol. The molecule has 12 rings (SSSR count). The van der Waals surface area contributed by atoms with Gasteiger partial charge in [-0.3, -0.25) is 38.8 Å². The number of halogens is 2. The highest BCUT2D eigenvalue weighted by molar-refractivity contribution is 6.78. The largest absolute Gasteiger partial charge is 0.543 e. The third-order valence-electron chi connectivity index (χ3n) is 21.0. The molecule has 0 bridgehead atoms. The summed E-state index contributed by atoms with van der Waals surface area (Å²) < 4.78 is 57.1. The van der Waals surface area contributed by atoms with Crippen molar-refractivity contribution < 1.29 is 42.2 Å². The Kier molecular flexibility index (Phi) is 17.4. The number of nitrogens with zero attached hydrogens (tertiary/aromatic N) is 10. The molecule has 3 amide bonds. The van der Waals surface area contributed by atoms with Gasteiger partial charge in [0.2, 0.25) is 11.8 Å². The van der Waals surface area contributed by atoms with Gasteiger partial charge in [0.1, 0.15) is 47.9 Å². The molecule has 89 heavy (non-hydrogen) atoms. The summed E-state index contributed by atoms with van der Waals surface area (Å²) >= 11 is 0. The molecule has 22 heteroatoms. The molecular formula is C67H89F2N11O8Si. The van der Waals surface area contributed by atoms with Gasteiger partial charge in [-0.05, 0) is 153 Å². The van der Waals surface area contributed by atoms with Gasteiger partial charge in [0.05, 0.1) is 27.6 Å². The second kappa shape index (κ2) is 24.8. The fourth-order valence-electron chi connectivity index (χ4n) is 16.4. The monoisotopic (exact) mass is 1240 g/mol. The van der Waals surface area contributed by atoms with E-state index >= 15 is 8.78 Å². The number of carbonyl (C=O) groups is 3. The predicted octanol–water partition coefficient (Wildman–Crippen LogP) is 10.3. The average molecular weight is 1240 g/mol.